The van der Waals surface area contributed by atoms with Crippen molar-refractivity contribution in [2.75, 3.05) is 5.32 Å². The summed E-state index contributed by atoms with van der Waals surface area (Å²) in [4.78, 5) is 19.3. The average molecular weight is 329 g/mol. The van der Waals surface area contributed by atoms with Gasteiger partial charge < -0.3 is 10.2 Å². The molecule has 0 radical (unpaired) electrons. The number of nitrogens with zero attached hydrogens (tertiary/aromatic N) is 2. The van der Waals surface area contributed by atoms with E-state index in [4.69, 9.17) is 0 Å². The van der Waals surface area contributed by atoms with Gasteiger partial charge in [0.1, 0.15) is 12.0 Å². The lowest BCUT2D eigenvalue weighted by molar-refractivity contribution is 0.0728. The van der Waals surface area contributed by atoms with Crippen molar-refractivity contribution in [1.29, 1.82) is 0 Å². The zero-order valence-corrected chi connectivity index (χ0v) is 14.0. The van der Waals surface area contributed by atoms with Crippen LogP contribution in [0, 0.1) is 6.92 Å². The van der Waals surface area contributed by atoms with E-state index in [9.17, 15) is 4.79 Å². The van der Waals surface area contributed by atoms with Crippen LogP contribution in [0.1, 0.15) is 33.2 Å². The van der Waals surface area contributed by atoms with Gasteiger partial charge in [-0.15, -0.1) is 0 Å². The van der Waals surface area contributed by atoms with Gasteiger partial charge in [0.2, 0.25) is 0 Å². The number of benzene rings is 2. The van der Waals surface area contributed by atoms with Gasteiger partial charge in [-0.25, -0.2) is 4.98 Å². The molecule has 4 heteroatoms. The number of aryl methyl sites for hydroxylation is 1. The van der Waals surface area contributed by atoms with Crippen LogP contribution < -0.4 is 5.32 Å². The zero-order valence-electron chi connectivity index (χ0n) is 14.0. The van der Waals surface area contributed by atoms with Gasteiger partial charge in [-0.3, -0.25) is 4.79 Å². The Hall–Kier alpha value is -3.14. The van der Waals surface area contributed by atoms with Crippen molar-refractivity contribution in [1.82, 2.24) is 9.88 Å². The number of nitrogens with one attached hydrogen (secondary N) is 1. The maximum Gasteiger partial charge on any atom is 0.256 e. The van der Waals surface area contributed by atoms with Gasteiger partial charge in [-0.2, -0.15) is 0 Å². The number of rotatable bonds is 4. The Morgan fingerprint density at radius 2 is 1.76 bits per heavy atom. The minimum Gasteiger partial charge on any atom is -0.346 e. The molecule has 0 saturated carbocycles. The molecule has 4 rings (SSSR count). The van der Waals surface area contributed by atoms with Gasteiger partial charge in [-0.05, 0) is 30.2 Å². The molecular weight excluding hydrogens is 310 g/mol. The lowest BCUT2D eigenvalue weighted by Gasteiger charge is -2.27. The van der Waals surface area contributed by atoms with Crippen LogP contribution in [0.5, 0.6) is 0 Å². The van der Waals surface area contributed by atoms with Crippen molar-refractivity contribution in [3.63, 3.8) is 0 Å². The van der Waals surface area contributed by atoms with Crippen molar-refractivity contribution in [3.05, 3.63) is 95.2 Å². The molecule has 0 aliphatic carbocycles. The number of carbonyl (C=O) groups is 1. The van der Waals surface area contributed by atoms with Crippen LogP contribution in [0.4, 0.5) is 5.82 Å². The minimum atomic E-state index is -0.225. The highest BCUT2D eigenvalue weighted by molar-refractivity contribution is 5.99. The first-order valence-corrected chi connectivity index (χ1v) is 8.36. The summed E-state index contributed by atoms with van der Waals surface area (Å²) in [6.45, 7) is 2.57. The van der Waals surface area contributed by atoms with E-state index < -0.39 is 0 Å². The summed E-state index contributed by atoms with van der Waals surface area (Å²) in [6, 6.07) is 21.8. The van der Waals surface area contributed by atoms with Crippen LogP contribution in [0.2, 0.25) is 0 Å². The molecule has 1 N–H and O–H groups in total. The third-order valence-corrected chi connectivity index (χ3v) is 4.54. The van der Waals surface area contributed by atoms with E-state index in [0.717, 1.165) is 28.1 Å². The van der Waals surface area contributed by atoms with Crippen molar-refractivity contribution >= 4 is 11.7 Å². The summed E-state index contributed by atoms with van der Waals surface area (Å²) in [5.74, 6) is 0.848. The molecule has 1 aromatic heterocycles. The molecule has 124 valence electrons. The Morgan fingerprint density at radius 3 is 2.56 bits per heavy atom. The largest absolute Gasteiger partial charge is 0.346 e. The maximum atomic E-state index is 13.0. The molecule has 0 fully saturated rings. The summed E-state index contributed by atoms with van der Waals surface area (Å²) in [5, 5.41) is 3.46. The topological polar surface area (TPSA) is 45.2 Å². The lowest BCUT2D eigenvalue weighted by atomic mass is 10.1. The van der Waals surface area contributed by atoms with Gasteiger partial charge in [0, 0.05) is 23.9 Å². The second kappa shape index (κ2) is 6.40. The first-order chi connectivity index (χ1) is 12.2. The van der Waals surface area contributed by atoms with Crippen molar-refractivity contribution in [2.45, 2.75) is 19.6 Å². The van der Waals surface area contributed by atoms with Crippen LogP contribution >= 0.6 is 0 Å². The highest BCUT2D eigenvalue weighted by Gasteiger charge is 2.36. The SMILES string of the molecule is Cc1cccnc1N[C@H]1c2ccccc2C(=O)N1Cc1ccccc1. The lowest BCUT2D eigenvalue weighted by Crippen LogP contribution is -2.32. The van der Waals surface area contributed by atoms with Crippen LogP contribution in [0.3, 0.4) is 0 Å². The molecule has 2 aromatic carbocycles. The average Bonchev–Trinajstić information content (AvgIpc) is 2.91. The fourth-order valence-electron chi connectivity index (χ4n) is 3.24. The number of hydrogen-bond acceptors (Lipinski definition) is 3. The van der Waals surface area contributed by atoms with Crippen LogP contribution in [-0.4, -0.2) is 15.8 Å². The Bertz CT molecular complexity index is 908. The first-order valence-electron chi connectivity index (χ1n) is 8.36. The van der Waals surface area contributed by atoms with Crippen molar-refractivity contribution in [2.24, 2.45) is 0 Å². The molecule has 1 aliphatic heterocycles. The molecule has 0 spiro atoms. The number of hydrogen-bond donors (Lipinski definition) is 1. The highest BCUT2D eigenvalue weighted by atomic mass is 16.2. The molecule has 0 unspecified atom stereocenters. The molecule has 25 heavy (non-hydrogen) atoms. The van der Waals surface area contributed by atoms with E-state index >= 15 is 0 Å². The third kappa shape index (κ3) is 2.87. The van der Waals surface area contributed by atoms with E-state index in [2.05, 4.69) is 10.3 Å². The summed E-state index contributed by atoms with van der Waals surface area (Å²) >= 11 is 0. The number of aromatic nitrogens is 1. The minimum absolute atomic E-state index is 0.0468. The normalized spacial score (nSPS) is 16.0. The van der Waals surface area contributed by atoms with Crippen molar-refractivity contribution < 1.29 is 4.79 Å². The highest BCUT2D eigenvalue weighted by Crippen LogP contribution is 2.35. The smallest absolute Gasteiger partial charge is 0.256 e. The number of fused-ring (bicyclic) bond motifs is 1. The Morgan fingerprint density at radius 1 is 1.00 bits per heavy atom. The van der Waals surface area contributed by atoms with Crippen LogP contribution in [-0.2, 0) is 6.54 Å². The molecule has 4 nitrogen and oxygen atoms in total. The summed E-state index contributed by atoms with van der Waals surface area (Å²) in [5.41, 5.74) is 3.91. The van der Waals surface area contributed by atoms with E-state index in [-0.39, 0.29) is 12.1 Å². The number of pyridine rings is 1. The Kier molecular flexibility index (Phi) is 3.94. The fourth-order valence-corrected chi connectivity index (χ4v) is 3.24. The van der Waals surface area contributed by atoms with Gasteiger partial charge >= 0.3 is 0 Å². The standard InChI is InChI=1S/C21H19N3O/c1-15-8-7-13-22-19(15)23-20-17-11-5-6-12-18(17)21(25)24(20)14-16-9-3-2-4-10-16/h2-13,20H,14H2,1H3,(H,22,23)/t20-/m1/s1. The third-order valence-electron chi connectivity index (χ3n) is 4.54. The van der Waals surface area contributed by atoms with Crippen molar-refractivity contribution in [3.8, 4) is 0 Å². The number of amides is 1. The monoisotopic (exact) mass is 329 g/mol. The van der Waals surface area contributed by atoms with E-state index in [1.807, 2.05) is 78.6 Å². The van der Waals surface area contributed by atoms with E-state index in [1.54, 1.807) is 6.20 Å². The molecule has 1 amide bonds. The predicted octanol–water partition coefficient (Wildman–Crippen LogP) is 4.16. The number of carbonyl (C=O) groups excluding carboxylic acids is 1. The molecule has 0 saturated heterocycles. The molecule has 2 heterocycles. The van der Waals surface area contributed by atoms with Gasteiger partial charge in [-0.1, -0.05) is 54.6 Å². The van der Waals surface area contributed by atoms with Gasteiger partial charge in [0.25, 0.3) is 5.91 Å². The molecule has 1 aliphatic rings. The molecule has 3 aromatic rings. The molecule has 0 bridgehead atoms. The zero-order chi connectivity index (χ0) is 17.2. The fraction of sp³-hybridized carbons (Fsp3) is 0.143. The maximum absolute atomic E-state index is 13.0. The Balaban J connectivity index is 1.71. The molecule has 1 atom stereocenters. The number of anilines is 1. The second-order valence-electron chi connectivity index (χ2n) is 6.22. The van der Waals surface area contributed by atoms with Gasteiger partial charge in [0.05, 0.1) is 0 Å². The van der Waals surface area contributed by atoms with E-state index in [0.29, 0.717) is 6.54 Å². The van der Waals surface area contributed by atoms with Crippen LogP contribution in [0.25, 0.3) is 0 Å². The predicted molar refractivity (Wildman–Crippen MR) is 98.1 cm³/mol. The summed E-state index contributed by atoms with van der Waals surface area (Å²) in [6.07, 6.45) is 1.54. The van der Waals surface area contributed by atoms with Gasteiger partial charge in [0.15, 0.2) is 0 Å². The summed E-state index contributed by atoms with van der Waals surface area (Å²) < 4.78 is 0. The van der Waals surface area contributed by atoms with Crippen LogP contribution in [0.15, 0.2) is 72.9 Å². The Labute approximate surface area is 147 Å². The second-order valence-corrected chi connectivity index (χ2v) is 6.22. The molecular formula is C21H19N3O. The quantitative estimate of drug-likeness (QED) is 0.782. The van der Waals surface area contributed by atoms with E-state index in [1.165, 1.54) is 0 Å². The first kappa shape index (κ1) is 15.4. The summed E-state index contributed by atoms with van der Waals surface area (Å²) in [7, 11) is 0.